The minimum absolute atomic E-state index is 0.630. The Bertz CT molecular complexity index is 1280. The molecule has 0 bridgehead atoms. The van der Waals surface area contributed by atoms with Gasteiger partial charge in [0.1, 0.15) is 17.1 Å². The first-order valence-corrected chi connectivity index (χ1v) is 11.6. The summed E-state index contributed by atoms with van der Waals surface area (Å²) in [4.78, 5) is 4.31. The minimum Gasteiger partial charge on any atom is -0.493 e. The fourth-order valence-corrected chi connectivity index (χ4v) is 4.32. The van der Waals surface area contributed by atoms with Crippen LogP contribution >= 0.6 is 11.5 Å². The SMILES string of the molecule is c1ccc2cc(CCOc3cc(Cn4cccn4)ccc3CCc3ncsn3)ccc2c1. The lowest BCUT2D eigenvalue weighted by Gasteiger charge is -2.14. The summed E-state index contributed by atoms with van der Waals surface area (Å²) in [6.07, 6.45) is 6.30. The zero-order chi connectivity index (χ0) is 21.6. The normalized spacial score (nSPS) is 11.1. The van der Waals surface area contributed by atoms with Crippen molar-refractivity contribution in [2.24, 2.45) is 0 Å². The first-order valence-electron chi connectivity index (χ1n) is 10.8. The van der Waals surface area contributed by atoms with Gasteiger partial charge in [-0.25, -0.2) is 4.98 Å². The molecule has 0 N–H and O–H groups in total. The number of hydrogen-bond donors (Lipinski definition) is 0. The first-order chi connectivity index (χ1) is 15.8. The van der Waals surface area contributed by atoms with Gasteiger partial charge in [0.15, 0.2) is 0 Å². The molecule has 0 saturated carbocycles. The van der Waals surface area contributed by atoms with E-state index in [0.29, 0.717) is 6.61 Å². The highest BCUT2D eigenvalue weighted by Gasteiger charge is 2.09. The minimum atomic E-state index is 0.630. The second kappa shape index (κ2) is 9.75. The number of aromatic nitrogens is 4. The van der Waals surface area contributed by atoms with E-state index < -0.39 is 0 Å². The number of aryl methyl sites for hydroxylation is 2. The molecule has 5 aromatic rings. The summed E-state index contributed by atoms with van der Waals surface area (Å²) < 4.78 is 12.6. The smallest absolute Gasteiger partial charge is 0.142 e. The van der Waals surface area contributed by atoms with Gasteiger partial charge in [-0.1, -0.05) is 54.6 Å². The summed E-state index contributed by atoms with van der Waals surface area (Å²) in [6.45, 7) is 1.35. The lowest BCUT2D eigenvalue weighted by Crippen LogP contribution is -2.06. The fraction of sp³-hybridized carbons (Fsp3) is 0.192. The van der Waals surface area contributed by atoms with Gasteiger partial charge in [-0.05, 0) is 57.5 Å². The third-order valence-corrected chi connectivity index (χ3v) is 6.04. The van der Waals surface area contributed by atoms with Crippen molar-refractivity contribution < 1.29 is 4.74 Å². The van der Waals surface area contributed by atoms with Crippen LogP contribution in [0.4, 0.5) is 0 Å². The molecule has 2 aromatic heterocycles. The van der Waals surface area contributed by atoms with Crippen molar-refractivity contribution in [1.82, 2.24) is 19.1 Å². The van der Waals surface area contributed by atoms with Gasteiger partial charge in [0.2, 0.25) is 0 Å². The zero-order valence-corrected chi connectivity index (χ0v) is 18.5. The van der Waals surface area contributed by atoms with E-state index in [9.17, 15) is 0 Å². The van der Waals surface area contributed by atoms with Crippen LogP contribution in [0.15, 0.2) is 84.6 Å². The molecule has 0 aliphatic rings. The van der Waals surface area contributed by atoms with Gasteiger partial charge >= 0.3 is 0 Å². The Kier molecular flexibility index (Phi) is 6.21. The van der Waals surface area contributed by atoms with Gasteiger partial charge in [0.25, 0.3) is 0 Å². The molecular weight excluding hydrogens is 416 g/mol. The summed E-state index contributed by atoms with van der Waals surface area (Å²) in [7, 11) is 0. The summed E-state index contributed by atoms with van der Waals surface area (Å²) in [6, 6.07) is 23.5. The van der Waals surface area contributed by atoms with Gasteiger partial charge in [0, 0.05) is 25.2 Å². The number of ether oxygens (including phenoxy) is 1. The van der Waals surface area contributed by atoms with Gasteiger partial charge < -0.3 is 4.74 Å². The van der Waals surface area contributed by atoms with E-state index in [4.69, 9.17) is 4.74 Å². The van der Waals surface area contributed by atoms with Gasteiger partial charge in [-0.3, -0.25) is 4.68 Å². The van der Waals surface area contributed by atoms with Crippen molar-refractivity contribution in [2.75, 3.05) is 6.61 Å². The molecule has 0 amide bonds. The second-order valence-electron chi connectivity index (χ2n) is 7.77. The molecule has 0 atom stereocenters. The molecule has 2 heterocycles. The quantitative estimate of drug-likeness (QED) is 0.310. The first kappa shape index (κ1) is 20.4. The average molecular weight is 441 g/mol. The van der Waals surface area contributed by atoms with E-state index in [0.717, 1.165) is 37.4 Å². The zero-order valence-electron chi connectivity index (χ0n) is 17.7. The Balaban J connectivity index is 1.30. The molecule has 0 spiro atoms. The Morgan fingerprint density at radius 2 is 1.75 bits per heavy atom. The van der Waals surface area contributed by atoms with Crippen LogP contribution < -0.4 is 4.74 Å². The van der Waals surface area contributed by atoms with Gasteiger partial charge in [-0.15, -0.1) is 0 Å². The Labute approximate surface area is 191 Å². The molecule has 160 valence electrons. The van der Waals surface area contributed by atoms with Crippen LogP contribution in [0, 0.1) is 0 Å². The van der Waals surface area contributed by atoms with Crippen molar-refractivity contribution in [3.05, 3.63) is 107 Å². The van der Waals surface area contributed by atoms with Crippen molar-refractivity contribution in [2.45, 2.75) is 25.8 Å². The summed E-state index contributed by atoms with van der Waals surface area (Å²) >= 11 is 1.39. The molecule has 32 heavy (non-hydrogen) atoms. The number of benzene rings is 3. The van der Waals surface area contributed by atoms with E-state index in [1.807, 2.05) is 16.9 Å². The molecular formula is C26H24N4OS. The topological polar surface area (TPSA) is 52.8 Å². The Morgan fingerprint density at radius 1 is 0.844 bits per heavy atom. The van der Waals surface area contributed by atoms with Crippen LogP contribution in [0.3, 0.4) is 0 Å². The molecule has 3 aromatic carbocycles. The summed E-state index contributed by atoms with van der Waals surface area (Å²) in [5.74, 6) is 1.82. The number of hydrogen-bond acceptors (Lipinski definition) is 5. The van der Waals surface area contributed by atoms with E-state index in [1.54, 1.807) is 11.7 Å². The van der Waals surface area contributed by atoms with E-state index >= 15 is 0 Å². The van der Waals surface area contributed by atoms with Crippen molar-refractivity contribution in [1.29, 1.82) is 0 Å². The number of rotatable bonds is 9. The van der Waals surface area contributed by atoms with Gasteiger partial charge in [-0.2, -0.15) is 9.47 Å². The molecule has 0 fully saturated rings. The lowest BCUT2D eigenvalue weighted by atomic mass is 10.0. The molecule has 5 rings (SSSR count). The predicted molar refractivity (Wildman–Crippen MR) is 128 cm³/mol. The maximum absolute atomic E-state index is 6.32. The highest BCUT2D eigenvalue weighted by atomic mass is 32.1. The van der Waals surface area contributed by atoms with Crippen LogP contribution in [-0.4, -0.2) is 25.7 Å². The molecule has 5 nitrogen and oxygen atoms in total. The summed E-state index contributed by atoms with van der Waals surface area (Å²) in [5.41, 5.74) is 5.42. The monoisotopic (exact) mass is 440 g/mol. The van der Waals surface area contributed by atoms with Crippen LogP contribution in [0.25, 0.3) is 10.8 Å². The lowest BCUT2D eigenvalue weighted by molar-refractivity contribution is 0.318. The standard InChI is InChI=1S/C26H24N4OS/c1-2-5-24-16-20(6-8-22(24)4-1)12-15-31-25-17-21(18-30-14-3-13-28-30)7-9-23(25)10-11-26-27-19-32-29-26/h1-9,13-14,16-17,19H,10-12,15,18H2. The van der Waals surface area contributed by atoms with Crippen molar-refractivity contribution >= 4 is 22.3 Å². The second-order valence-corrected chi connectivity index (χ2v) is 8.38. The largest absolute Gasteiger partial charge is 0.493 e. The Morgan fingerprint density at radius 3 is 2.59 bits per heavy atom. The highest BCUT2D eigenvalue weighted by Crippen LogP contribution is 2.24. The average Bonchev–Trinajstić information content (AvgIpc) is 3.53. The van der Waals surface area contributed by atoms with Crippen molar-refractivity contribution in [3.63, 3.8) is 0 Å². The van der Waals surface area contributed by atoms with Crippen LogP contribution in [0.2, 0.25) is 0 Å². The molecule has 6 heteroatoms. The molecule has 0 aliphatic carbocycles. The predicted octanol–water partition coefficient (Wildman–Crippen LogP) is 5.34. The van der Waals surface area contributed by atoms with E-state index in [-0.39, 0.29) is 0 Å². The maximum Gasteiger partial charge on any atom is 0.142 e. The van der Waals surface area contributed by atoms with Gasteiger partial charge in [0.05, 0.1) is 13.2 Å². The Hall–Kier alpha value is -3.51. The third-order valence-electron chi connectivity index (χ3n) is 5.52. The van der Waals surface area contributed by atoms with E-state index in [2.05, 4.69) is 75.1 Å². The van der Waals surface area contributed by atoms with Crippen LogP contribution in [-0.2, 0) is 25.8 Å². The molecule has 0 saturated heterocycles. The fourth-order valence-electron chi connectivity index (χ4n) is 3.84. The van der Waals surface area contributed by atoms with Crippen molar-refractivity contribution in [3.8, 4) is 5.75 Å². The number of nitrogens with zero attached hydrogens (tertiary/aromatic N) is 4. The number of fused-ring (bicyclic) bond motifs is 1. The molecule has 0 unspecified atom stereocenters. The summed E-state index contributed by atoms with van der Waals surface area (Å²) in [5, 5.41) is 6.85. The molecule has 0 radical (unpaired) electrons. The van der Waals surface area contributed by atoms with Crippen LogP contribution in [0.1, 0.15) is 22.5 Å². The molecule has 0 aliphatic heterocycles. The third kappa shape index (κ3) is 5.03. The van der Waals surface area contributed by atoms with E-state index in [1.165, 1.54) is 39.0 Å². The highest BCUT2D eigenvalue weighted by molar-refractivity contribution is 7.03. The maximum atomic E-state index is 6.32. The van der Waals surface area contributed by atoms with Crippen LogP contribution in [0.5, 0.6) is 5.75 Å².